The lowest BCUT2D eigenvalue weighted by Crippen LogP contribution is -2.47. The Hall–Kier alpha value is -3.39. The van der Waals surface area contributed by atoms with Crippen LogP contribution in [0.3, 0.4) is 0 Å². The molecule has 1 aromatic heterocycles. The first-order valence-electron chi connectivity index (χ1n) is 12.9. The van der Waals surface area contributed by atoms with Gasteiger partial charge < -0.3 is 25.3 Å². The minimum Gasteiger partial charge on any atom is -0.368 e. The molecular formula is C28H35N7S. The van der Waals surface area contributed by atoms with E-state index in [1.165, 1.54) is 24.1 Å². The van der Waals surface area contributed by atoms with Gasteiger partial charge in [-0.3, -0.25) is 0 Å². The number of para-hydroxylation sites is 1. The summed E-state index contributed by atoms with van der Waals surface area (Å²) in [6, 6.07) is 23.0. The molecule has 3 heterocycles. The van der Waals surface area contributed by atoms with Gasteiger partial charge in [-0.1, -0.05) is 55.5 Å². The van der Waals surface area contributed by atoms with Gasteiger partial charge in [0.2, 0.25) is 5.95 Å². The largest absolute Gasteiger partial charge is 0.368 e. The number of nitrogens with zero attached hydrogens (tertiary/aromatic N) is 5. The minimum atomic E-state index is 0.531. The molecule has 36 heavy (non-hydrogen) atoms. The van der Waals surface area contributed by atoms with Crippen LogP contribution in [0, 0.1) is 5.92 Å². The van der Waals surface area contributed by atoms with Gasteiger partial charge in [-0.25, -0.2) is 0 Å². The molecule has 0 radical (unpaired) electrons. The smallest absolute Gasteiger partial charge is 0.232 e. The Morgan fingerprint density at radius 1 is 0.806 bits per heavy atom. The van der Waals surface area contributed by atoms with Crippen molar-refractivity contribution in [3.05, 3.63) is 72.3 Å². The minimum absolute atomic E-state index is 0.531. The van der Waals surface area contributed by atoms with E-state index in [-0.39, 0.29) is 0 Å². The molecule has 2 aliphatic rings. The fourth-order valence-corrected chi connectivity index (χ4v) is 4.96. The van der Waals surface area contributed by atoms with E-state index in [1.54, 1.807) is 0 Å². The van der Waals surface area contributed by atoms with Gasteiger partial charge in [0, 0.05) is 57.6 Å². The maximum absolute atomic E-state index is 5.58. The van der Waals surface area contributed by atoms with Gasteiger partial charge in [-0.15, -0.1) is 0 Å². The van der Waals surface area contributed by atoms with Crippen LogP contribution in [0.1, 0.15) is 25.3 Å². The molecule has 2 saturated heterocycles. The molecule has 0 amide bonds. The van der Waals surface area contributed by atoms with E-state index >= 15 is 0 Å². The van der Waals surface area contributed by atoms with Crippen LogP contribution < -0.4 is 25.3 Å². The van der Waals surface area contributed by atoms with Crippen molar-refractivity contribution in [2.24, 2.45) is 5.92 Å². The second-order valence-corrected chi connectivity index (χ2v) is 10.1. The lowest BCUT2D eigenvalue weighted by molar-refractivity contribution is 0.436. The van der Waals surface area contributed by atoms with E-state index in [2.05, 4.69) is 80.8 Å². The molecule has 0 atom stereocenters. The van der Waals surface area contributed by atoms with Crippen molar-refractivity contribution < 1.29 is 0 Å². The summed E-state index contributed by atoms with van der Waals surface area (Å²) in [5.41, 5.74) is 2.45. The number of piperazine rings is 1. The van der Waals surface area contributed by atoms with Crippen LogP contribution in [0.2, 0.25) is 0 Å². The zero-order valence-corrected chi connectivity index (χ0v) is 21.8. The normalized spacial score (nSPS) is 16.6. The Bertz CT molecular complexity index is 1130. The monoisotopic (exact) mass is 501 g/mol. The number of thiocarbonyl (C=S) groups is 1. The fraction of sp³-hybridized carbons (Fsp3) is 0.393. The molecule has 8 heteroatoms. The van der Waals surface area contributed by atoms with E-state index < -0.39 is 0 Å². The molecule has 0 spiro atoms. The third kappa shape index (κ3) is 6.23. The number of anilines is 4. The van der Waals surface area contributed by atoms with Gasteiger partial charge in [0.05, 0.1) is 0 Å². The Kier molecular flexibility index (Phi) is 7.81. The van der Waals surface area contributed by atoms with Crippen molar-refractivity contribution in [3.8, 4) is 0 Å². The summed E-state index contributed by atoms with van der Waals surface area (Å²) in [6.07, 6.45) is 2.38. The summed E-state index contributed by atoms with van der Waals surface area (Å²) >= 11 is 5.58. The molecule has 188 valence electrons. The average Bonchev–Trinajstić information content (AvgIpc) is 2.93. The molecule has 7 nitrogen and oxygen atoms in total. The van der Waals surface area contributed by atoms with Gasteiger partial charge in [0.25, 0.3) is 0 Å². The van der Waals surface area contributed by atoms with Crippen LogP contribution in [0.5, 0.6) is 0 Å². The molecular weight excluding hydrogens is 466 g/mol. The molecule has 0 unspecified atom stereocenters. The summed E-state index contributed by atoms with van der Waals surface area (Å²) in [5.74, 6) is 3.25. The van der Waals surface area contributed by atoms with Crippen LogP contribution in [0.25, 0.3) is 0 Å². The molecule has 3 aromatic rings. The topological polar surface area (TPSA) is 59.6 Å². The molecule has 2 aromatic carbocycles. The number of rotatable bonds is 6. The standard InChI is InChI=1S/C28H35N7S/c1-22-12-14-34(15-13-22)25-20-26(35-18-16-33(17-19-35)24-10-6-3-7-11-24)31-27(30-25)32-28(36)29-21-23-8-4-2-5-9-23/h2-11,20,22H,12-19,21H2,1H3,(H2,29,30,31,32,36). The lowest BCUT2D eigenvalue weighted by atomic mass is 9.99. The third-order valence-electron chi connectivity index (χ3n) is 7.05. The summed E-state index contributed by atoms with van der Waals surface area (Å²) in [7, 11) is 0. The average molecular weight is 502 g/mol. The van der Waals surface area contributed by atoms with E-state index in [9.17, 15) is 0 Å². The Balaban J connectivity index is 1.30. The van der Waals surface area contributed by atoms with Crippen molar-refractivity contribution in [1.82, 2.24) is 15.3 Å². The highest BCUT2D eigenvalue weighted by atomic mass is 32.1. The molecule has 2 aliphatic heterocycles. The van der Waals surface area contributed by atoms with E-state index in [0.717, 1.165) is 56.8 Å². The van der Waals surface area contributed by atoms with Crippen LogP contribution in [-0.4, -0.2) is 54.3 Å². The lowest BCUT2D eigenvalue weighted by Gasteiger charge is -2.37. The molecule has 0 saturated carbocycles. The molecule has 2 N–H and O–H groups in total. The summed E-state index contributed by atoms with van der Waals surface area (Å²) in [6.45, 7) is 8.79. The second kappa shape index (κ2) is 11.6. The van der Waals surface area contributed by atoms with Crippen molar-refractivity contribution in [2.75, 3.05) is 59.3 Å². The summed E-state index contributed by atoms with van der Waals surface area (Å²) in [4.78, 5) is 17.0. The highest BCUT2D eigenvalue weighted by Gasteiger charge is 2.23. The molecule has 0 aliphatic carbocycles. The van der Waals surface area contributed by atoms with Crippen LogP contribution in [0.15, 0.2) is 66.7 Å². The number of nitrogens with one attached hydrogen (secondary N) is 2. The third-order valence-corrected chi connectivity index (χ3v) is 7.30. The van der Waals surface area contributed by atoms with E-state index in [4.69, 9.17) is 22.2 Å². The number of aromatic nitrogens is 2. The Labute approximate surface area is 219 Å². The van der Waals surface area contributed by atoms with E-state index in [0.29, 0.717) is 17.6 Å². The highest BCUT2D eigenvalue weighted by Crippen LogP contribution is 2.27. The molecule has 2 fully saturated rings. The summed E-state index contributed by atoms with van der Waals surface area (Å²) in [5, 5.41) is 7.06. The quantitative estimate of drug-likeness (QED) is 0.478. The maximum atomic E-state index is 5.58. The summed E-state index contributed by atoms with van der Waals surface area (Å²) < 4.78 is 0. The van der Waals surface area contributed by atoms with Gasteiger partial charge >= 0.3 is 0 Å². The predicted molar refractivity (Wildman–Crippen MR) is 153 cm³/mol. The van der Waals surface area contributed by atoms with Crippen molar-refractivity contribution in [2.45, 2.75) is 26.3 Å². The molecule has 0 bridgehead atoms. The Morgan fingerprint density at radius 2 is 1.36 bits per heavy atom. The van der Waals surface area contributed by atoms with E-state index in [1.807, 2.05) is 18.2 Å². The van der Waals surface area contributed by atoms with Crippen molar-refractivity contribution in [3.63, 3.8) is 0 Å². The number of benzene rings is 2. The number of hydrogen-bond acceptors (Lipinski definition) is 6. The predicted octanol–water partition coefficient (Wildman–Crippen LogP) is 4.53. The van der Waals surface area contributed by atoms with Gasteiger partial charge in [-0.05, 0) is 48.7 Å². The van der Waals surface area contributed by atoms with Gasteiger partial charge in [-0.2, -0.15) is 9.97 Å². The van der Waals surface area contributed by atoms with Crippen LogP contribution >= 0.6 is 12.2 Å². The van der Waals surface area contributed by atoms with Crippen LogP contribution in [-0.2, 0) is 6.54 Å². The maximum Gasteiger partial charge on any atom is 0.232 e. The number of piperidine rings is 1. The zero-order valence-electron chi connectivity index (χ0n) is 20.9. The zero-order chi connectivity index (χ0) is 24.7. The first kappa shape index (κ1) is 24.3. The van der Waals surface area contributed by atoms with Crippen LogP contribution in [0.4, 0.5) is 23.3 Å². The van der Waals surface area contributed by atoms with Gasteiger partial charge in [0.15, 0.2) is 5.11 Å². The number of hydrogen-bond donors (Lipinski definition) is 2. The van der Waals surface area contributed by atoms with Crippen molar-refractivity contribution in [1.29, 1.82) is 0 Å². The van der Waals surface area contributed by atoms with Crippen molar-refractivity contribution >= 4 is 40.6 Å². The second-order valence-electron chi connectivity index (χ2n) is 9.68. The first-order valence-corrected chi connectivity index (χ1v) is 13.3. The first-order chi connectivity index (χ1) is 17.6. The SMILES string of the molecule is CC1CCN(c2cc(N3CCN(c4ccccc4)CC3)nc(NC(=S)NCc3ccccc3)n2)CC1. The van der Waals surface area contributed by atoms with Gasteiger partial charge in [0.1, 0.15) is 11.6 Å². The fourth-order valence-electron chi connectivity index (χ4n) is 4.80. The molecule has 5 rings (SSSR count). The highest BCUT2D eigenvalue weighted by molar-refractivity contribution is 7.80. The Morgan fingerprint density at radius 3 is 2.00 bits per heavy atom.